The van der Waals surface area contributed by atoms with Crippen molar-refractivity contribution >= 4 is 11.6 Å². The third kappa shape index (κ3) is 4.65. The highest BCUT2D eigenvalue weighted by Gasteiger charge is 2.12. The number of rotatable bonds is 6. The molecule has 1 aromatic rings. The molecule has 0 bridgehead atoms. The molecule has 112 valence electrons. The van der Waals surface area contributed by atoms with Crippen molar-refractivity contribution in [2.24, 2.45) is 0 Å². The topological polar surface area (TPSA) is 22.9 Å². The second-order valence-corrected chi connectivity index (χ2v) is 5.97. The molecule has 0 spiro atoms. The number of benzene rings is 1. The Labute approximate surface area is 126 Å². The van der Waals surface area contributed by atoms with Crippen LogP contribution in [0.1, 0.15) is 24.0 Å². The van der Waals surface area contributed by atoms with Gasteiger partial charge in [-0.2, -0.15) is 0 Å². The summed E-state index contributed by atoms with van der Waals surface area (Å²) in [5, 5.41) is 0.781. The molecule has 1 N–H and O–H groups in total. The predicted octanol–water partition coefficient (Wildman–Crippen LogP) is 2.03. The summed E-state index contributed by atoms with van der Waals surface area (Å²) >= 11 is 6.02. The van der Waals surface area contributed by atoms with E-state index in [0.717, 1.165) is 61.2 Å². The normalized spacial score (nSPS) is 16.4. The van der Waals surface area contributed by atoms with Gasteiger partial charge in [-0.05, 0) is 49.9 Å². The highest BCUT2D eigenvalue weighted by molar-refractivity contribution is 6.30. The maximum atomic E-state index is 6.02. The van der Waals surface area contributed by atoms with Gasteiger partial charge in [0.2, 0.25) is 0 Å². The predicted molar refractivity (Wildman–Crippen MR) is 82.0 cm³/mol. The Bertz CT molecular complexity index is 407. The SMILES string of the molecule is Cc1cc(Cl)cc(C)c1OCCCC[NH+]1CCOCC1. The lowest BCUT2D eigenvalue weighted by molar-refractivity contribution is -0.908. The molecule has 0 atom stereocenters. The molecule has 0 saturated carbocycles. The van der Waals surface area contributed by atoms with Gasteiger partial charge < -0.3 is 14.4 Å². The van der Waals surface area contributed by atoms with Crippen LogP contribution in [-0.2, 0) is 4.74 Å². The average Bonchev–Trinajstić information content (AvgIpc) is 2.42. The summed E-state index contributed by atoms with van der Waals surface area (Å²) < 4.78 is 11.3. The molecule has 1 fully saturated rings. The molecule has 0 amide bonds. The van der Waals surface area contributed by atoms with Crippen molar-refractivity contribution in [1.82, 2.24) is 0 Å². The number of hydrogen-bond donors (Lipinski definition) is 1. The second-order valence-electron chi connectivity index (χ2n) is 5.54. The van der Waals surface area contributed by atoms with E-state index in [1.54, 1.807) is 4.90 Å². The molecule has 20 heavy (non-hydrogen) atoms. The van der Waals surface area contributed by atoms with E-state index in [1.165, 1.54) is 13.0 Å². The van der Waals surface area contributed by atoms with E-state index >= 15 is 0 Å². The molecule has 2 rings (SSSR count). The fourth-order valence-corrected chi connectivity index (χ4v) is 3.01. The van der Waals surface area contributed by atoms with E-state index in [0.29, 0.717) is 0 Å². The molecule has 1 aliphatic heterocycles. The Morgan fingerprint density at radius 1 is 1.15 bits per heavy atom. The molecule has 1 heterocycles. The van der Waals surface area contributed by atoms with Crippen LogP contribution in [0.5, 0.6) is 5.75 Å². The summed E-state index contributed by atoms with van der Waals surface area (Å²) in [4.78, 5) is 1.66. The first-order valence-electron chi connectivity index (χ1n) is 7.47. The number of nitrogens with one attached hydrogen (secondary N) is 1. The zero-order chi connectivity index (χ0) is 14.4. The molecule has 0 aliphatic carbocycles. The van der Waals surface area contributed by atoms with Gasteiger partial charge >= 0.3 is 0 Å². The van der Waals surface area contributed by atoms with Gasteiger partial charge in [-0.3, -0.25) is 0 Å². The zero-order valence-corrected chi connectivity index (χ0v) is 13.3. The van der Waals surface area contributed by atoms with Crippen LogP contribution in [0.3, 0.4) is 0 Å². The molecule has 1 saturated heterocycles. The zero-order valence-electron chi connectivity index (χ0n) is 12.5. The van der Waals surface area contributed by atoms with Crippen molar-refractivity contribution in [3.8, 4) is 5.75 Å². The van der Waals surface area contributed by atoms with E-state index in [2.05, 4.69) is 0 Å². The summed E-state index contributed by atoms with van der Waals surface area (Å²) in [7, 11) is 0. The lowest BCUT2D eigenvalue weighted by atomic mass is 10.1. The quantitative estimate of drug-likeness (QED) is 0.812. The molecule has 1 aliphatic rings. The van der Waals surface area contributed by atoms with Crippen LogP contribution >= 0.6 is 11.6 Å². The van der Waals surface area contributed by atoms with Crippen molar-refractivity contribution in [2.75, 3.05) is 39.5 Å². The van der Waals surface area contributed by atoms with E-state index < -0.39 is 0 Å². The maximum Gasteiger partial charge on any atom is 0.125 e. The van der Waals surface area contributed by atoms with Gasteiger partial charge in [-0.15, -0.1) is 0 Å². The van der Waals surface area contributed by atoms with E-state index in [1.807, 2.05) is 26.0 Å². The molecular formula is C16H25ClNO2+. The Hall–Kier alpha value is -0.770. The third-order valence-corrected chi connectivity index (χ3v) is 4.01. The van der Waals surface area contributed by atoms with Crippen LogP contribution in [0.15, 0.2) is 12.1 Å². The second kappa shape index (κ2) is 7.87. The third-order valence-electron chi connectivity index (χ3n) is 3.80. The minimum absolute atomic E-state index is 0.781. The summed E-state index contributed by atoms with van der Waals surface area (Å²) in [5.41, 5.74) is 2.24. The van der Waals surface area contributed by atoms with Gasteiger partial charge in [-0.25, -0.2) is 0 Å². The van der Waals surface area contributed by atoms with E-state index in [9.17, 15) is 0 Å². The van der Waals surface area contributed by atoms with E-state index in [-0.39, 0.29) is 0 Å². The summed E-state index contributed by atoms with van der Waals surface area (Å²) in [6.07, 6.45) is 2.31. The smallest absolute Gasteiger partial charge is 0.125 e. The summed E-state index contributed by atoms with van der Waals surface area (Å²) in [5.74, 6) is 0.994. The van der Waals surface area contributed by atoms with Gasteiger partial charge in [0.25, 0.3) is 0 Å². The molecule has 4 heteroatoms. The van der Waals surface area contributed by atoms with Gasteiger partial charge in [0.15, 0.2) is 0 Å². The van der Waals surface area contributed by atoms with Crippen molar-refractivity contribution in [3.63, 3.8) is 0 Å². The van der Waals surface area contributed by atoms with Crippen LogP contribution in [-0.4, -0.2) is 39.5 Å². The first-order valence-corrected chi connectivity index (χ1v) is 7.85. The van der Waals surface area contributed by atoms with E-state index in [4.69, 9.17) is 21.1 Å². The monoisotopic (exact) mass is 298 g/mol. The van der Waals surface area contributed by atoms with Crippen molar-refractivity contribution in [1.29, 1.82) is 0 Å². The first-order chi connectivity index (χ1) is 9.66. The van der Waals surface area contributed by atoms with Gasteiger partial charge in [0, 0.05) is 5.02 Å². The highest BCUT2D eigenvalue weighted by atomic mass is 35.5. The minimum atomic E-state index is 0.781. The minimum Gasteiger partial charge on any atom is -0.493 e. The van der Waals surface area contributed by atoms with Crippen LogP contribution in [0.25, 0.3) is 0 Å². The molecule has 3 nitrogen and oxygen atoms in total. The average molecular weight is 299 g/mol. The molecular weight excluding hydrogens is 274 g/mol. The lowest BCUT2D eigenvalue weighted by Gasteiger charge is -2.23. The highest BCUT2D eigenvalue weighted by Crippen LogP contribution is 2.27. The number of morpholine rings is 1. The van der Waals surface area contributed by atoms with Gasteiger partial charge in [0.1, 0.15) is 18.8 Å². The van der Waals surface area contributed by atoms with Crippen LogP contribution in [0.4, 0.5) is 0 Å². The number of unbranched alkanes of at least 4 members (excludes halogenated alkanes) is 1. The number of aryl methyl sites for hydroxylation is 2. The van der Waals surface area contributed by atoms with Crippen molar-refractivity contribution in [3.05, 3.63) is 28.3 Å². The largest absolute Gasteiger partial charge is 0.493 e. The Balaban J connectivity index is 1.68. The Kier molecular flexibility index (Phi) is 6.14. The van der Waals surface area contributed by atoms with Crippen LogP contribution in [0.2, 0.25) is 5.02 Å². The van der Waals surface area contributed by atoms with Crippen LogP contribution in [0, 0.1) is 13.8 Å². The number of hydrogen-bond acceptors (Lipinski definition) is 2. The summed E-state index contributed by atoms with van der Waals surface area (Å²) in [6.45, 7) is 10.2. The number of quaternary nitrogens is 1. The molecule has 0 radical (unpaired) electrons. The van der Waals surface area contributed by atoms with Gasteiger partial charge in [-0.1, -0.05) is 11.6 Å². The Morgan fingerprint density at radius 3 is 2.45 bits per heavy atom. The molecule has 0 unspecified atom stereocenters. The van der Waals surface area contributed by atoms with Crippen molar-refractivity contribution < 1.29 is 14.4 Å². The summed E-state index contributed by atoms with van der Waals surface area (Å²) in [6, 6.07) is 3.92. The fourth-order valence-electron chi connectivity index (χ4n) is 2.69. The number of halogens is 1. The molecule has 0 aromatic heterocycles. The number of ether oxygens (including phenoxy) is 2. The fraction of sp³-hybridized carbons (Fsp3) is 0.625. The molecule has 1 aromatic carbocycles. The van der Waals surface area contributed by atoms with Gasteiger partial charge in [0.05, 0.1) is 26.4 Å². The first kappa shape index (κ1) is 15.6. The lowest BCUT2D eigenvalue weighted by Crippen LogP contribution is -3.14. The Morgan fingerprint density at radius 2 is 1.80 bits per heavy atom. The standard InChI is InChI=1S/C16H24ClNO2/c1-13-11-15(17)12-14(2)16(13)20-8-4-3-5-18-6-9-19-10-7-18/h11-12H,3-10H2,1-2H3/p+1. The van der Waals surface area contributed by atoms with Crippen molar-refractivity contribution in [2.45, 2.75) is 26.7 Å². The maximum absolute atomic E-state index is 6.02. The van der Waals surface area contributed by atoms with Crippen LogP contribution < -0.4 is 9.64 Å².